The van der Waals surface area contributed by atoms with Crippen LogP contribution in [-0.2, 0) is 0 Å². The lowest BCUT2D eigenvalue weighted by Crippen LogP contribution is -2.00. The van der Waals surface area contributed by atoms with Gasteiger partial charge in [0.2, 0.25) is 0 Å². The summed E-state index contributed by atoms with van der Waals surface area (Å²) in [4.78, 5) is 15.2. The normalized spacial score (nSPS) is 11.6. The molecule has 0 aliphatic carbocycles. The molecule has 10 rings (SSSR count). The lowest BCUT2D eigenvalue weighted by atomic mass is 9.99. The van der Waals surface area contributed by atoms with Gasteiger partial charge in [0.1, 0.15) is 11.2 Å². The molecule has 0 N–H and O–H groups in total. The Morgan fingerprint density at radius 3 is 1.50 bits per heavy atom. The number of hydrogen-bond donors (Lipinski definition) is 0. The van der Waals surface area contributed by atoms with E-state index in [1.165, 1.54) is 10.8 Å². The second-order valence-electron chi connectivity index (χ2n) is 12.4. The van der Waals surface area contributed by atoms with Crippen molar-refractivity contribution in [2.45, 2.75) is 0 Å². The van der Waals surface area contributed by atoms with E-state index < -0.39 is 0 Å². The molecule has 3 heterocycles. The Morgan fingerprint density at radius 2 is 0.900 bits per heavy atom. The highest BCUT2D eigenvalue weighted by molar-refractivity contribution is 6.18. The van der Waals surface area contributed by atoms with E-state index >= 15 is 0 Å². The minimum absolute atomic E-state index is 0.589. The van der Waals surface area contributed by atoms with E-state index in [0.717, 1.165) is 66.5 Å². The first kappa shape index (κ1) is 28.2. The summed E-state index contributed by atoms with van der Waals surface area (Å²) in [6, 6.07) is 58.5. The molecule has 0 spiro atoms. The van der Waals surface area contributed by atoms with Gasteiger partial charge < -0.3 is 8.98 Å². The van der Waals surface area contributed by atoms with Crippen LogP contribution in [0.15, 0.2) is 174 Å². The Morgan fingerprint density at radius 1 is 0.380 bits per heavy atom. The van der Waals surface area contributed by atoms with Crippen molar-refractivity contribution in [3.63, 3.8) is 0 Å². The van der Waals surface area contributed by atoms with Crippen LogP contribution in [0, 0.1) is 0 Å². The molecule has 3 aromatic heterocycles. The maximum Gasteiger partial charge on any atom is 0.164 e. The number of benzene rings is 7. The Bertz CT molecular complexity index is 2750. The largest absolute Gasteiger partial charge is 0.456 e. The van der Waals surface area contributed by atoms with Crippen molar-refractivity contribution in [2.24, 2.45) is 0 Å². The van der Waals surface area contributed by atoms with Crippen molar-refractivity contribution in [3.8, 4) is 51.0 Å². The molecule has 0 radical (unpaired) electrons. The molecule has 234 valence electrons. The van der Waals surface area contributed by atoms with Crippen LogP contribution in [0.4, 0.5) is 0 Å². The Kier molecular flexibility index (Phi) is 6.42. The van der Waals surface area contributed by atoms with Gasteiger partial charge in [0, 0.05) is 32.8 Å². The number of hydrogen-bond acceptors (Lipinski definition) is 4. The van der Waals surface area contributed by atoms with Crippen LogP contribution < -0.4 is 0 Å². The smallest absolute Gasteiger partial charge is 0.164 e. The third kappa shape index (κ3) is 4.52. The van der Waals surface area contributed by atoms with Gasteiger partial charge in [-0.05, 0) is 41.5 Å². The summed E-state index contributed by atoms with van der Waals surface area (Å²) in [5.41, 5.74) is 9.79. The Labute approximate surface area is 287 Å². The van der Waals surface area contributed by atoms with E-state index in [1.54, 1.807) is 0 Å². The van der Waals surface area contributed by atoms with Crippen molar-refractivity contribution < 1.29 is 4.42 Å². The average molecular weight is 641 g/mol. The molecule has 0 unspecified atom stereocenters. The highest BCUT2D eigenvalue weighted by atomic mass is 16.3. The van der Waals surface area contributed by atoms with Crippen LogP contribution in [0.5, 0.6) is 0 Å². The van der Waals surface area contributed by atoms with E-state index in [2.05, 4.69) is 95.6 Å². The number of fused-ring (bicyclic) bond motifs is 6. The second kappa shape index (κ2) is 11.4. The van der Waals surface area contributed by atoms with E-state index in [4.69, 9.17) is 19.4 Å². The standard InChI is InChI=1S/C45H28N4O/c1-4-15-29(16-5-1)32-27-38(49-36-24-12-10-21-33(36)34-22-11-13-25-37(34)49)42-40(28-32)50-39-26-14-23-35(41(39)42)45-47-43(30-17-6-2-7-18-30)46-44(48-45)31-19-8-3-9-20-31/h1-28H. The van der Waals surface area contributed by atoms with Crippen LogP contribution in [0.1, 0.15) is 0 Å². The third-order valence-corrected chi connectivity index (χ3v) is 9.45. The first-order chi connectivity index (χ1) is 24.8. The van der Waals surface area contributed by atoms with Crippen molar-refractivity contribution in [1.82, 2.24) is 19.5 Å². The number of nitrogens with zero attached hydrogens (tertiary/aromatic N) is 4. The zero-order valence-electron chi connectivity index (χ0n) is 26.9. The van der Waals surface area contributed by atoms with E-state index in [1.807, 2.05) is 78.9 Å². The van der Waals surface area contributed by atoms with Crippen molar-refractivity contribution in [2.75, 3.05) is 0 Å². The molecule has 0 atom stereocenters. The van der Waals surface area contributed by atoms with Gasteiger partial charge in [0.05, 0.1) is 22.1 Å². The Balaban J connectivity index is 1.33. The van der Waals surface area contributed by atoms with Gasteiger partial charge in [-0.1, -0.05) is 140 Å². The second-order valence-corrected chi connectivity index (χ2v) is 12.4. The summed E-state index contributed by atoms with van der Waals surface area (Å²) < 4.78 is 9.16. The van der Waals surface area contributed by atoms with Gasteiger partial charge in [-0.3, -0.25) is 0 Å². The first-order valence-electron chi connectivity index (χ1n) is 16.7. The molecule has 0 bridgehead atoms. The van der Waals surface area contributed by atoms with Crippen molar-refractivity contribution >= 4 is 43.7 Å². The summed E-state index contributed by atoms with van der Waals surface area (Å²) in [6.45, 7) is 0. The van der Waals surface area contributed by atoms with Gasteiger partial charge in [0.15, 0.2) is 17.5 Å². The molecule has 5 nitrogen and oxygen atoms in total. The molecule has 10 aromatic rings. The molecule has 0 amide bonds. The molecule has 0 fully saturated rings. The van der Waals surface area contributed by atoms with Crippen molar-refractivity contribution in [1.29, 1.82) is 0 Å². The highest BCUT2D eigenvalue weighted by Gasteiger charge is 2.23. The van der Waals surface area contributed by atoms with Crippen LogP contribution in [0.25, 0.3) is 94.7 Å². The molecular weight excluding hydrogens is 613 g/mol. The molecule has 0 aliphatic rings. The van der Waals surface area contributed by atoms with Crippen LogP contribution in [-0.4, -0.2) is 19.5 Å². The summed E-state index contributed by atoms with van der Waals surface area (Å²) in [6.07, 6.45) is 0. The van der Waals surface area contributed by atoms with E-state index in [0.29, 0.717) is 17.5 Å². The van der Waals surface area contributed by atoms with E-state index in [-0.39, 0.29) is 0 Å². The predicted molar refractivity (Wildman–Crippen MR) is 203 cm³/mol. The predicted octanol–water partition coefficient (Wildman–Crippen LogP) is 11.5. The van der Waals surface area contributed by atoms with Gasteiger partial charge in [-0.15, -0.1) is 0 Å². The number of rotatable bonds is 5. The van der Waals surface area contributed by atoms with Gasteiger partial charge >= 0.3 is 0 Å². The molecular formula is C45H28N4O. The average Bonchev–Trinajstić information content (AvgIpc) is 3.74. The Hall–Kier alpha value is -6.85. The minimum Gasteiger partial charge on any atom is -0.456 e. The van der Waals surface area contributed by atoms with Gasteiger partial charge in [-0.25, -0.2) is 15.0 Å². The SMILES string of the molecule is c1ccc(-c2cc(-n3c4ccccc4c4ccccc43)c3c(c2)oc2cccc(-c4nc(-c5ccccc5)nc(-c5ccccc5)n4)c23)cc1. The maximum absolute atomic E-state index is 6.78. The van der Waals surface area contributed by atoms with Gasteiger partial charge in [-0.2, -0.15) is 0 Å². The fourth-order valence-electron chi connectivity index (χ4n) is 7.20. The minimum atomic E-state index is 0.589. The molecule has 50 heavy (non-hydrogen) atoms. The number of para-hydroxylation sites is 2. The zero-order chi connectivity index (χ0) is 33.0. The summed E-state index contributed by atoms with van der Waals surface area (Å²) in [5, 5.41) is 4.37. The molecule has 0 saturated carbocycles. The van der Waals surface area contributed by atoms with Crippen LogP contribution in [0.3, 0.4) is 0 Å². The highest BCUT2D eigenvalue weighted by Crippen LogP contribution is 2.44. The summed E-state index contributed by atoms with van der Waals surface area (Å²) in [7, 11) is 0. The van der Waals surface area contributed by atoms with Crippen LogP contribution >= 0.6 is 0 Å². The molecule has 7 aromatic carbocycles. The van der Waals surface area contributed by atoms with Crippen LogP contribution in [0.2, 0.25) is 0 Å². The quantitative estimate of drug-likeness (QED) is 0.188. The van der Waals surface area contributed by atoms with E-state index in [9.17, 15) is 0 Å². The van der Waals surface area contributed by atoms with Crippen molar-refractivity contribution in [3.05, 3.63) is 170 Å². The van der Waals surface area contributed by atoms with Gasteiger partial charge in [0.25, 0.3) is 0 Å². The fourth-order valence-corrected chi connectivity index (χ4v) is 7.20. The molecule has 0 saturated heterocycles. The third-order valence-electron chi connectivity index (χ3n) is 9.45. The number of aromatic nitrogens is 4. The fraction of sp³-hybridized carbons (Fsp3) is 0. The molecule has 0 aliphatic heterocycles. The number of furan rings is 1. The topological polar surface area (TPSA) is 56.7 Å². The summed E-state index contributed by atoms with van der Waals surface area (Å²) in [5.74, 6) is 1.83. The first-order valence-corrected chi connectivity index (χ1v) is 16.7. The molecule has 5 heteroatoms. The lowest BCUT2D eigenvalue weighted by Gasteiger charge is -2.13. The monoisotopic (exact) mass is 640 g/mol. The lowest BCUT2D eigenvalue weighted by molar-refractivity contribution is 0.669. The zero-order valence-corrected chi connectivity index (χ0v) is 26.9. The summed E-state index contributed by atoms with van der Waals surface area (Å²) >= 11 is 0. The maximum atomic E-state index is 6.78.